The molecule has 4 rings (SSSR count). The highest BCUT2D eigenvalue weighted by molar-refractivity contribution is 5.82. The van der Waals surface area contributed by atoms with Gasteiger partial charge >= 0.3 is 11.6 Å². The zero-order chi connectivity index (χ0) is 21.8. The summed E-state index contributed by atoms with van der Waals surface area (Å²) in [5.41, 5.74) is 4.35. The molecule has 156 valence electrons. The fraction of sp³-hybridized carbons (Fsp3) is 0.154. The maximum atomic E-state index is 12.4. The number of carbonyl (C=O) groups is 1. The van der Waals surface area contributed by atoms with Gasteiger partial charge in [0.25, 0.3) is 0 Å². The van der Waals surface area contributed by atoms with Gasteiger partial charge in [-0.2, -0.15) is 0 Å². The van der Waals surface area contributed by atoms with Crippen molar-refractivity contribution in [2.24, 2.45) is 0 Å². The number of ether oxygens (including phenoxy) is 1. The van der Waals surface area contributed by atoms with Crippen molar-refractivity contribution in [3.8, 4) is 16.9 Å². The lowest BCUT2D eigenvalue weighted by Crippen LogP contribution is -2.12. The maximum Gasteiger partial charge on any atom is 0.339 e. The van der Waals surface area contributed by atoms with Gasteiger partial charge in [-0.05, 0) is 47.7 Å². The minimum atomic E-state index is -0.946. The van der Waals surface area contributed by atoms with Crippen LogP contribution in [0.5, 0.6) is 5.75 Å². The molecule has 1 heterocycles. The summed E-state index contributed by atoms with van der Waals surface area (Å²) in [7, 11) is 0. The van der Waals surface area contributed by atoms with E-state index in [2.05, 4.69) is 18.2 Å². The van der Waals surface area contributed by atoms with Crippen molar-refractivity contribution in [3.63, 3.8) is 0 Å². The smallest absolute Gasteiger partial charge is 0.339 e. The van der Waals surface area contributed by atoms with Crippen LogP contribution in [0.4, 0.5) is 0 Å². The highest BCUT2D eigenvalue weighted by atomic mass is 16.5. The molecule has 0 bridgehead atoms. The number of hydrogen-bond acceptors (Lipinski definition) is 4. The van der Waals surface area contributed by atoms with E-state index in [1.807, 2.05) is 55.5 Å². The molecule has 0 aliphatic carbocycles. The number of aryl methyl sites for hydroxylation is 1. The third-order valence-electron chi connectivity index (χ3n) is 5.34. The number of hydrogen-bond donors (Lipinski definition) is 1. The molecule has 0 radical (unpaired) electrons. The van der Waals surface area contributed by atoms with Crippen molar-refractivity contribution in [2.45, 2.75) is 26.4 Å². The Morgan fingerprint density at radius 1 is 1.00 bits per heavy atom. The van der Waals surface area contributed by atoms with Crippen LogP contribution in [0.3, 0.4) is 0 Å². The van der Waals surface area contributed by atoms with Crippen LogP contribution in [0.15, 0.2) is 82.0 Å². The van der Waals surface area contributed by atoms with Gasteiger partial charge < -0.3 is 14.3 Å². The Kier molecular flexibility index (Phi) is 5.85. The molecule has 1 aromatic heterocycles. The molecular weight excluding hydrogens is 392 g/mol. The highest BCUT2D eigenvalue weighted by Gasteiger charge is 2.14. The van der Waals surface area contributed by atoms with E-state index in [-0.39, 0.29) is 12.8 Å². The number of carboxylic acid groups (broad SMARTS) is 1. The minimum absolute atomic E-state index is 0.112. The molecule has 4 aromatic rings. The molecule has 5 heteroatoms. The molecule has 0 spiro atoms. The molecule has 1 N–H and O–H groups in total. The van der Waals surface area contributed by atoms with E-state index in [0.717, 1.165) is 27.6 Å². The monoisotopic (exact) mass is 414 g/mol. The fourth-order valence-electron chi connectivity index (χ4n) is 3.69. The van der Waals surface area contributed by atoms with Crippen LogP contribution in [0.2, 0.25) is 0 Å². The third kappa shape index (κ3) is 4.51. The van der Waals surface area contributed by atoms with Crippen LogP contribution in [0.1, 0.15) is 23.1 Å². The Hall–Kier alpha value is -3.86. The van der Waals surface area contributed by atoms with Crippen LogP contribution < -0.4 is 10.4 Å². The number of rotatable bonds is 7. The van der Waals surface area contributed by atoms with Crippen molar-refractivity contribution in [3.05, 3.63) is 99.9 Å². The second-order valence-corrected chi connectivity index (χ2v) is 7.36. The van der Waals surface area contributed by atoms with Crippen molar-refractivity contribution in [1.82, 2.24) is 0 Å². The van der Waals surface area contributed by atoms with Gasteiger partial charge in [0.2, 0.25) is 0 Å². The fourth-order valence-corrected chi connectivity index (χ4v) is 3.69. The van der Waals surface area contributed by atoms with Crippen molar-refractivity contribution >= 4 is 16.9 Å². The quantitative estimate of drug-likeness (QED) is 0.412. The van der Waals surface area contributed by atoms with Gasteiger partial charge in [-0.1, -0.05) is 54.6 Å². The second kappa shape index (κ2) is 8.88. The predicted molar refractivity (Wildman–Crippen MR) is 119 cm³/mol. The van der Waals surface area contributed by atoms with Gasteiger partial charge in [-0.25, -0.2) is 4.79 Å². The number of carboxylic acids is 1. The average molecular weight is 414 g/mol. The summed E-state index contributed by atoms with van der Waals surface area (Å²) in [4.78, 5) is 23.2. The van der Waals surface area contributed by atoms with E-state index in [1.165, 1.54) is 0 Å². The highest BCUT2D eigenvalue weighted by Crippen LogP contribution is 2.27. The first-order valence-corrected chi connectivity index (χ1v) is 10.1. The largest absolute Gasteiger partial charge is 0.489 e. The summed E-state index contributed by atoms with van der Waals surface area (Å²) in [5.74, 6) is -0.352. The van der Waals surface area contributed by atoms with Crippen LogP contribution in [0.25, 0.3) is 22.1 Å². The normalized spacial score (nSPS) is 10.9. The summed E-state index contributed by atoms with van der Waals surface area (Å²) in [6.07, 6.45) is 0.0348. The number of benzene rings is 3. The molecular formula is C26H22O5. The first-order chi connectivity index (χ1) is 15.0. The number of aliphatic carboxylic acids is 1. The molecule has 5 nitrogen and oxygen atoms in total. The summed E-state index contributed by atoms with van der Waals surface area (Å²) in [6, 6.07) is 23.6. The standard InChI is InChI=1S/C26H22O5/c1-17-21-12-11-20(15-24(21)31-26(29)22(17)13-14-25(27)28)30-16-19-9-5-6-10-23(19)18-7-3-2-4-8-18/h2-12,15H,13-14,16H2,1H3,(H,27,28). The Balaban J connectivity index is 1.59. The lowest BCUT2D eigenvalue weighted by molar-refractivity contribution is -0.136. The van der Waals surface area contributed by atoms with E-state index >= 15 is 0 Å². The molecule has 31 heavy (non-hydrogen) atoms. The van der Waals surface area contributed by atoms with Crippen LogP contribution in [0, 0.1) is 6.92 Å². The zero-order valence-electron chi connectivity index (χ0n) is 17.1. The predicted octanol–water partition coefficient (Wildman–Crippen LogP) is 5.36. The molecule has 0 aliphatic heterocycles. The van der Waals surface area contributed by atoms with Gasteiger partial charge in [-0.3, -0.25) is 4.79 Å². The van der Waals surface area contributed by atoms with Crippen molar-refractivity contribution in [2.75, 3.05) is 0 Å². The van der Waals surface area contributed by atoms with Gasteiger partial charge in [0.15, 0.2) is 0 Å². The molecule has 0 fully saturated rings. The van der Waals surface area contributed by atoms with Crippen LogP contribution >= 0.6 is 0 Å². The SMILES string of the molecule is Cc1c(CCC(=O)O)c(=O)oc2cc(OCc3ccccc3-c3ccccc3)ccc12. The van der Waals surface area contributed by atoms with Gasteiger partial charge in [0.05, 0.1) is 0 Å². The first kappa shape index (κ1) is 20.4. The first-order valence-electron chi connectivity index (χ1n) is 10.1. The average Bonchev–Trinajstić information content (AvgIpc) is 2.78. The lowest BCUT2D eigenvalue weighted by Gasteiger charge is -2.12. The zero-order valence-corrected chi connectivity index (χ0v) is 17.1. The summed E-state index contributed by atoms with van der Waals surface area (Å²) >= 11 is 0. The van der Waals surface area contributed by atoms with Crippen LogP contribution in [-0.4, -0.2) is 11.1 Å². The molecule has 3 aromatic carbocycles. The minimum Gasteiger partial charge on any atom is -0.489 e. The van der Waals surface area contributed by atoms with Gasteiger partial charge in [-0.15, -0.1) is 0 Å². The molecule has 0 amide bonds. The van der Waals surface area contributed by atoms with E-state index in [4.69, 9.17) is 14.3 Å². The van der Waals surface area contributed by atoms with E-state index in [9.17, 15) is 9.59 Å². The van der Waals surface area contributed by atoms with E-state index in [0.29, 0.717) is 23.5 Å². The summed E-state index contributed by atoms with van der Waals surface area (Å²) in [6.45, 7) is 2.18. The number of fused-ring (bicyclic) bond motifs is 1. The maximum absolute atomic E-state index is 12.4. The molecule has 0 atom stereocenters. The Bertz CT molecular complexity index is 1290. The summed E-state index contributed by atoms with van der Waals surface area (Å²) in [5, 5.41) is 9.68. The van der Waals surface area contributed by atoms with Gasteiger partial charge in [0, 0.05) is 23.4 Å². The summed E-state index contributed by atoms with van der Waals surface area (Å²) < 4.78 is 11.5. The van der Waals surface area contributed by atoms with E-state index < -0.39 is 11.6 Å². The van der Waals surface area contributed by atoms with Crippen molar-refractivity contribution in [1.29, 1.82) is 0 Å². The van der Waals surface area contributed by atoms with Crippen LogP contribution in [-0.2, 0) is 17.8 Å². The van der Waals surface area contributed by atoms with Crippen molar-refractivity contribution < 1.29 is 19.1 Å². The Morgan fingerprint density at radius 3 is 2.52 bits per heavy atom. The van der Waals surface area contributed by atoms with E-state index in [1.54, 1.807) is 6.07 Å². The molecule has 0 saturated carbocycles. The van der Waals surface area contributed by atoms with Gasteiger partial charge in [0.1, 0.15) is 17.9 Å². The topological polar surface area (TPSA) is 76.7 Å². The second-order valence-electron chi connectivity index (χ2n) is 7.36. The lowest BCUT2D eigenvalue weighted by atomic mass is 10.0. The third-order valence-corrected chi connectivity index (χ3v) is 5.34. The Morgan fingerprint density at radius 2 is 1.74 bits per heavy atom. The molecule has 0 unspecified atom stereocenters. The Labute approximate surface area is 179 Å². The molecule has 0 aliphatic rings. The molecule has 0 saturated heterocycles.